The topological polar surface area (TPSA) is 171 Å². The van der Waals surface area contributed by atoms with Crippen LogP contribution in [0.1, 0.15) is 28.7 Å². The quantitative estimate of drug-likeness (QED) is 0.276. The van der Waals surface area contributed by atoms with Crippen molar-refractivity contribution < 1.29 is 34.8 Å². The molecular weight excluding hydrogens is 602 g/mol. The Balaban J connectivity index is 1.36. The van der Waals surface area contributed by atoms with E-state index in [1.807, 2.05) is 43.3 Å². The Morgan fingerprint density at radius 1 is 0.979 bits per heavy atom. The maximum Gasteiger partial charge on any atom is 0.255 e. The first-order valence-corrected chi connectivity index (χ1v) is 15.9. The fourth-order valence-corrected chi connectivity index (χ4v) is 8.05. The normalized spacial score (nSPS) is 26.7. The van der Waals surface area contributed by atoms with Gasteiger partial charge in [-0.05, 0) is 50.0 Å². The zero-order chi connectivity index (χ0) is 33.9. The van der Waals surface area contributed by atoms with E-state index in [1.165, 1.54) is 10.5 Å². The first-order chi connectivity index (χ1) is 22.2. The molecule has 3 aliphatic carbocycles. The van der Waals surface area contributed by atoms with Crippen molar-refractivity contribution in [3.05, 3.63) is 75.6 Å². The summed E-state index contributed by atoms with van der Waals surface area (Å²) in [6.45, 7) is 4.55. The van der Waals surface area contributed by atoms with E-state index in [2.05, 4.69) is 21.9 Å². The summed E-state index contributed by atoms with van der Waals surface area (Å²) in [6.07, 6.45) is 0.294. The van der Waals surface area contributed by atoms with Crippen LogP contribution < -0.4 is 10.6 Å². The molecule has 0 radical (unpaired) electrons. The van der Waals surface area contributed by atoms with Crippen molar-refractivity contribution in [2.75, 3.05) is 59.3 Å². The number of benzene rings is 2. The summed E-state index contributed by atoms with van der Waals surface area (Å²) in [7, 11) is 6.91. The van der Waals surface area contributed by atoms with Gasteiger partial charge < -0.3 is 31.1 Å². The van der Waals surface area contributed by atoms with Crippen molar-refractivity contribution >= 4 is 28.9 Å². The number of fused-ring (bicyclic) bond motifs is 3. The molecule has 6 N–H and O–H groups in total. The minimum atomic E-state index is -2.67. The Morgan fingerprint density at radius 2 is 1.60 bits per heavy atom. The average Bonchev–Trinajstić information content (AvgIpc) is 3.01. The van der Waals surface area contributed by atoms with Gasteiger partial charge in [-0.2, -0.15) is 0 Å². The highest BCUT2D eigenvalue weighted by molar-refractivity contribution is 6.24. The van der Waals surface area contributed by atoms with E-state index in [0.717, 1.165) is 38.4 Å². The Kier molecular flexibility index (Phi) is 8.41. The zero-order valence-electron chi connectivity index (χ0n) is 27.2. The number of ketones is 2. The van der Waals surface area contributed by atoms with Crippen LogP contribution in [0.2, 0.25) is 0 Å². The van der Waals surface area contributed by atoms with Gasteiger partial charge in [0.15, 0.2) is 11.4 Å². The van der Waals surface area contributed by atoms with E-state index in [4.69, 9.17) is 5.73 Å². The van der Waals surface area contributed by atoms with E-state index < -0.39 is 58.0 Å². The van der Waals surface area contributed by atoms with Gasteiger partial charge in [0.2, 0.25) is 5.78 Å². The Hall–Kier alpha value is -4.23. The number of hydrogen-bond donors (Lipinski definition) is 5. The summed E-state index contributed by atoms with van der Waals surface area (Å²) in [6, 6.07) is 11.1. The first-order valence-electron chi connectivity index (χ1n) is 15.9. The van der Waals surface area contributed by atoms with Crippen LogP contribution in [0.15, 0.2) is 53.3 Å². The maximum atomic E-state index is 14.2. The molecule has 2 aromatic rings. The maximum absolute atomic E-state index is 14.2. The smallest absolute Gasteiger partial charge is 0.255 e. The number of nitrogens with two attached hydrogens (primary N) is 1. The van der Waals surface area contributed by atoms with Gasteiger partial charge in [0.05, 0.1) is 11.6 Å². The lowest BCUT2D eigenvalue weighted by Crippen LogP contribution is -2.65. The Morgan fingerprint density at radius 3 is 2.17 bits per heavy atom. The van der Waals surface area contributed by atoms with E-state index in [9.17, 15) is 34.8 Å². The molecule has 1 saturated heterocycles. The van der Waals surface area contributed by atoms with Crippen LogP contribution in [0.4, 0.5) is 5.69 Å². The number of aliphatic hydroxyl groups is 3. The van der Waals surface area contributed by atoms with Gasteiger partial charge in [0.25, 0.3) is 5.91 Å². The van der Waals surface area contributed by atoms with Crippen LogP contribution in [0.3, 0.4) is 0 Å². The summed E-state index contributed by atoms with van der Waals surface area (Å²) in [5.41, 5.74) is 5.18. The van der Waals surface area contributed by atoms with Crippen molar-refractivity contribution in [2.45, 2.75) is 37.6 Å². The van der Waals surface area contributed by atoms with E-state index in [0.29, 0.717) is 17.7 Å². The highest BCUT2D eigenvalue weighted by Gasteiger charge is 2.64. The van der Waals surface area contributed by atoms with E-state index in [1.54, 1.807) is 14.1 Å². The summed E-state index contributed by atoms with van der Waals surface area (Å²) < 4.78 is 0. The minimum Gasteiger partial charge on any atom is -0.508 e. The number of piperazine rings is 1. The second-order valence-electron chi connectivity index (χ2n) is 13.7. The number of phenols is 1. The van der Waals surface area contributed by atoms with Gasteiger partial charge in [-0.1, -0.05) is 30.3 Å². The Bertz CT molecular complexity index is 1690. The second-order valence-corrected chi connectivity index (χ2v) is 13.7. The van der Waals surface area contributed by atoms with Gasteiger partial charge in [0.1, 0.15) is 22.8 Å². The molecule has 47 heavy (non-hydrogen) atoms. The van der Waals surface area contributed by atoms with Crippen LogP contribution in [-0.4, -0.2) is 119 Å². The van der Waals surface area contributed by atoms with Gasteiger partial charge in [-0.15, -0.1) is 0 Å². The number of Topliss-reactive ketones (excluding diaryl/α,β-unsaturated/α-hetero) is 2. The van der Waals surface area contributed by atoms with Crippen LogP contribution in [-0.2, 0) is 33.9 Å². The lowest BCUT2D eigenvalue weighted by atomic mass is 9.57. The molecule has 1 heterocycles. The van der Waals surface area contributed by atoms with Gasteiger partial charge in [0, 0.05) is 76.1 Å². The molecule has 4 aliphatic rings. The highest BCUT2D eigenvalue weighted by Crippen LogP contribution is 2.54. The number of phenolic OH excluding ortho intramolecular Hbond substituents is 1. The molecule has 12 heteroatoms. The molecule has 1 aliphatic heterocycles. The molecule has 12 nitrogen and oxygen atoms in total. The predicted molar refractivity (Wildman–Crippen MR) is 176 cm³/mol. The van der Waals surface area contributed by atoms with Gasteiger partial charge in [-0.25, -0.2) is 0 Å². The van der Waals surface area contributed by atoms with Crippen LogP contribution >= 0.6 is 0 Å². The van der Waals surface area contributed by atoms with Crippen molar-refractivity contribution in [2.24, 2.45) is 17.6 Å². The van der Waals surface area contributed by atoms with Crippen LogP contribution in [0.5, 0.6) is 5.75 Å². The van der Waals surface area contributed by atoms with Gasteiger partial charge >= 0.3 is 0 Å². The van der Waals surface area contributed by atoms with Crippen molar-refractivity contribution in [3.8, 4) is 5.75 Å². The lowest BCUT2D eigenvalue weighted by Gasteiger charge is -2.50. The molecule has 0 spiro atoms. The largest absolute Gasteiger partial charge is 0.508 e. The van der Waals surface area contributed by atoms with Crippen LogP contribution in [0.25, 0.3) is 5.76 Å². The number of likely N-dealkylation sites (N-methyl/N-ethyl adjacent to an activating group) is 1. The predicted octanol–water partition coefficient (Wildman–Crippen LogP) is 1.35. The molecule has 0 aromatic heterocycles. The van der Waals surface area contributed by atoms with Crippen molar-refractivity contribution in [1.82, 2.24) is 14.7 Å². The van der Waals surface area contributed by atoms with E-state index in [-0.39, 0.29) is 29.7 Å². The van der Waals surface area contributed by atoms with Crippen LogP contribution in [0, 0.1) is 11.8 Å². The zero-order valence-corrected chi connectivity index (χ0v) is 27.2. The molecule has 2 fully saturated rings. The molecule has 1 saturated carbocycles. The van der Waals surface area contributed by atoms with Crippen molar-refractivity contribution in [3.63, 3.8) is 0 Å². The third-order valence-corrected chi connectivity index (χ3v) is 10.4. The monoisotopic (exact) mass is 645 g/mol. The molecule has 2 aromatic carbocycles. The number of primary amides is 1. The number of hydrogen-bond acceptors (Lipinski definition) is 11. The molecule has 0 bridgehead atoms. The number of amides is 1. The number of anilines is 1. The van der Waals surface area contributed by atoms with E-state index >= 15 is 0 Å². The number of aromatic hydroxyl groups is 1. The first kappa shape index (κ1) is 32.7. The number of carbonyl (C=O) groups excluding carboxylic acids is 3. The molecular formula is C35H43N5O7. The number of aliphatic hydroxyl groups excluding tert-OH is 2. The molecule has 6 rings (SSSR count). The summed E-state index contributed by atoms with van der Waals surface area (Å²) in [4.78, 5) is 47.9. The summed E-state index contributed by atoms with van der Waals surface area (Å²) in [5.74, 6) is -6.49. The molecule has 250 valence electrons. The Labute approximate surface area is 274 Å². The highest BCUT2D eigenvalue weighted by atomic mass is 16.3. The average molecular weight is 646 g/mol. The number of nitrogens with zero attached hydrogens (tertiary/aromatic N) is 4. The third kappa shape index (κ3) is 5.29. The number of rotatable bonds is 7. The fraction of sp³-hybridized carbons (Fsp3) is 0.457. The molecule has 4 atom stereocenters. The lowest BCUT2D eigenvalue weighted by molar-refractivity contribution is -0.153. The standard InChI is InChI=1S/C35H43N5O7/c1-37(2)24-16-21(18-40-12-10-39(11-13-40)17-19-8-6-5-7-9-19)29(41)26-22(24)14-20-15-23-28(38(3)4)31(43)27(34(36)46)33(45)35(23,47)32(44)25(20)30(26)42/h5-9,16,20,23,28,41-42,45,47H,10-15,17-18H2,1-4H3,(H2,36,46). The summed E-state index contributed by atoms with van der Waals surface area (Å²) >= 11 is 0. The molecule has 4 unspecified atom stereocenters. The molecule has 1 amide bonds. The van der Waals surface area contributed by atoms with Gasteiger partial charge in [-0.3, -0.25) is 29.1 Å². The fourth-order valence-electron chi connectivity index (χ4n) is 8.05. The summed E-state index contributed by atoms with van der Waals surface area (Å²) in [5, 5.41) is 46.5. The second kappa shape index (κ2) is 12.1. The minimum absolute atomic E-state index is 0.0500. The van der Waals surface area contributed by atoms with Crippen molar-refractivity contribution in [1.29, 1.82) is 0 Å². The third-order valence-electron chi connectivity index (χ3n) is 10.4. The number of carbonyl (C=O) groups is 3. The SMILES string of the molecule is CN(C)c1cc(CN2CCN(Cc3ccccc3)CC2)c(O)c2c1CC1CC3C(N(C)C)C(=O)C(C(N)=O)=C(O)C3(O)C(=O)C1=C2O.